The fraction of sp³-hybridized carbons (Fsp3) is 0.560. The Morgan fingerprint density at radius 3 is 2.61 bits per heavy atom. The Kier molecular flexibility index (Phi) is 7.38. The number of nitrogens with zero attached hydrogens (tertiary/aromatic N) is 3. The van der Waals surface area contributed by atoms with Crippen molar-refractivity contribution in [1.82, 2.24) is 14.1 Å². The monoisotopic (exact) mass is 529 g/mol. The van der Waals surface area contributed by atoms with Crippen LogP contribution in [0.2, 0.25) is 0 Å². The van der Waals surface area contributed by atoms with E-state index in [0.29, 0.717) is 12.8 Å². The van der Waals surface area contributed by atoms with Gasteiger partial charge in [-0.3, -0.25) is 0 Å². The molecule has 198 valence electrons. The van der Waals surface area contributed by atoms with Gasteiger partial charge in [-0.2, -0.15) is 22.6 Å². The summed E-state index contributed by atoms with van der Waals surface area (Å²) in [6.45, 7) is 2.69. The highest BCUT2D eigenvalue weighted by molar-refractivity contribution is 7.89. The third-order valence-electron chi connectivity index (χ3n) is 7.56. The highest BCUT2D eigenvalue weighted by Crippen LogP contribution is 2.54. The molecule has 2 aliphatic rings. The lowest BCUT2D eigenvalue weighted by molar-refractivity contribution is -0.205. The number of alkyl halides is 3. The highest BCUT2D eigenvalue weighted by atomic mass is 32.2. The normalized spacial score (nSPS) is 22.9. The average Bonchev–Trinajstić information content (AvgIpc) is 3.34. The van der Waals surface area contributed by atoms with E-state index in [1.165, 1.54) is 17.7 Å². The summed E-state index contributed by atoms with van der Waals surface area (Å²) < 4.78 is 80.3. The van der Waals surface area contributed by atoms with Gasteiger partial charge >= 0.3 is 6.18 Å². The smallest absolute Gasteiger partial charge is 0.382 e. The summed E-state index contributed by atoms with van der Waals surface area (Å²) in [5, 5.41) is 14.1. The van der Waals surface area contributed by atoms with Gasteiger partial charge in [0.05, 0.1) is 23.3 Å². The summed E-state index contributed by atoms with van der Waals surface area (Å²) >= 11 is 0. The number of sulfonamides is 1. The lowest BCUT2D eigenvalue weighted by atomic mass is 9.69. The van der Waals surface area contributed by atoms with E-state index < -0.39 is 28.8 Å². The van der Waals surface area contributed by atoms with Gasteiger partial charge in [0.15, 0.2) is 6.10 Å². The zero-order valence-corrected chi connectivity index (χ0v) is 21.1. The van der Waals surface area contributed by atoms with Gasteiger partial charge in [0.2, 0.25) is 10.0 Å². The van der Waals surface area contributed by atoms with Crippen LogP contribution in [0.1, 0.15) is 50.8 Å². The molecule has 6 nitrogen and oxygen atoms in total. The quantitative estimate of drug-likeness (QED) is 0.477. The average molecular weight is 530 g/mol. The predicted octanol–water partition coefficient (Wildman–Crippen LogP) is 4.72. The van der Waals surface area contributed by atoms with Crippen LogP contribution in [0.5, 0.6) is 0 Å². The molecule has 1 aromatic carbocycles. The van der Waals surface area contributed by atoms with E-state index in [1.807, 2.05) is 0 Å². The Bertz CT molecular complexity index is 1220. The van der Waals surface area contributed by atoms with Crippen molar-refractivity contribution < 1.29 is 31.1 Å². The van der Waals surface area contributed by atoms with Crippen LogP contribution < -0.4 is 0 Å². The van der Waals surface area contributed by atoms with Crippen molar-refractivity contribution >= 4 is 16.1 Å². The minimum absolute atomic E-state index is 0.0634. The molecule has 11 heteroatoms. The number of aromatic nitrogens is 2. The molecule has 0 spiro atoms. The molecule has 2 aliphatic carbocycles. The van der Waals surface area contributed by atoms with Crippen LogP contribution in [0.4, 0.5) is 17.6 Å². The molecule has 0 bridgehead atoms. The van der Waals surface area contributed by atoms with E-state index in [2.05, 4.69) is 18.1 Å². The van der Waals surface area contributed by atoms with Crippen LogP contribution in [-0.2, 0) is 16.4 Å². The zero-order chi connectivity index (χ0) is 26.3. The maximum absolute atomic E-state index is 13.4. The number of aliphatic hydroxyl groups excluding tert-OH is 1. The number of aliphatic hydroxyl groups is 1. The number of halogens is 4. The van der Waals surface area contributed by atoms with E-state index in [4.69, 9.17) is 0 Å². The van der Waals surface area contributed by atoms with Crippen molar-refractivity contribution in [2.75, 3.05) is 18.8 Å². The Hall–Kier alpha value is -2.24. The molecule has 1 heterocycles. The van der Waals surface area contributed by atoms with Crippen molar-refractivity contribution in [3.63, 3.8) is 0 Å². The lowest BCUT2D eigenvalue weighted by Gasteiger charge is -2.37. The summed E-state index contributed by atoms with van der Waals surface area (Å²) in [7, 11) is -3.93. The maximum atomic E-state index is 13.4. The topological polar surface area (TPSA) is 75.4 Å². The molecule has 0 saturated heterocycles. The van der Waals surface area contributed by atoms with Crippen molar-refractivity contribution in [2.45, 2.75) is 58.2 Å². The third kappa shape index (κ3) is 5.24. The fourth-order valence-corrected chi connectivity index (χ4v) is 7.04. The van der Waals surface area contributed by atoms with E-state index in [-0.39, 0.29) is 35.9 Å². The SMILES string of the molecule is CCCS(=O)(=O)N(CC[C@H]1CCC2=Cc3c(cnn3-c3ccc(F)cc3)C[C@@]21C)CC(O)C(F)(F)F. The molecule has 4 rings (SSSR count). The maximum Gasteiger partial charge on any atom is 0.415 e. The summed E-state index contributed by atoms with van der Waals surface area (Å²) in [6, 6.07) is 6.08. The first-order valence-electron chi connectivity index (χ1n) is 12.1. The van der Waals surface area contributed by atoms with Gasteiger partial charge in [0.25, 0.3) is 0 Å². The third-order valence-corrected chi connectivity index (χ3v) is 9.60. The number of hydrogen-bond donors (Lipinski definition) is 1. The molecule has 1 saturated carbocycles. The Labute approximate surface area is 208 Å². The van der Waals surface area contributed by atoms with Crippen molar-refractivity contribution in [2.24, 2.45) is 11.3 Å². The second kappa shape index (κ2) is 9.90. The highest BCUT2D eigenvalue weighted by Gasteiger charge is 2.46. The molecule has 1 N–H and O–H groups in total. The van der Waals surface area contributed by atoms with Gasteiger partial charge in [0, 0.05) is 13.1 Å². The van der Waals surface area contributed by atoms with Crippen LogP contribution in [0.25, 0.3) is 11.8 Å². The number of rotatable bonds is 9. The largest absolute Gasteiger partial charge is 0.415 e. The van der Waals surface area contributed by atoms with Gasteiger partial charge in [-0.15, -0.1) is 0 Å². The molecule has 36 heavy (non-hydrogen) atoms. The second-order valence-electron chi connectivity index (χ2n) is 9.96. The summed E-state index contributed by atoms with van der Waals surface area (Å²) in [5.41, 5.74) is 3.61. The molecule has 2 aromatic rings. The van der Waals surface area contributed by atoms with Crippen molar-refractivity contribution in [1.29, 1.82) is 0 Å². The molecule has 0 radical (unpaired) electrons. The predicted molar refractivity (Wildman–Crippen MR) is 128 cm³/mol. The lowest BCUT2D eigenvalue weighted by Crippen LogP contribution is -2.45. The van der Waals surface area contributed by atoms with E-state index in [9.17, 15) is 31.1 Å². The van der Waals surface area contributed by atoms with Crippen LogP contribution in [-0.4, -0.2) is 58.7 Å². The number of fused-ring (bicyclic) bond motifs is 2. The molecule has 1 unspecified atom stereocenters. The van der Waals surface area contributed by atoms with Crippen LogP contribution in [0.15, 0.2) is 36.0 Å². The Morgan fingerprint density at radius 2 is 1.97 bits per heavy atom. The summed E-state index contributed by atoms with van der Waals surface area (Å²) in [5.74, 6) is -0.535. The first kappa shape index (κ1) is 26.8. The van der Waals surface area contributed by atoms with E-state index >= 15 is 0 Å². The van der Waals surface area contributed by atoms with Gasteiger partial charge in [-0.1, -0.05) is 19.4 Å². The number of benzene rings is 1. The zero-order valence-electron chi connectivity index (χ0n) is 20.3. The van der Waals surface area contributed by atoms with Gasteiger partial charge in [-0.05, 0) is 79.3 Å². The van der Waals surface area contributed by atoms with Gasteiger partial charge in [0.1, 0.15) is 5.82 Å². The van der Waals surface area contributed by atoms with Gasteiger partial charge in [-0.25, -0.2) is 17.5 Å². The van der Waals surface area contributed by atoms with Crippen molar-refractivity contribution in [3.05, 3.63) is 53.1 Å². The summed E-state index contributed by atoms with van der Waals surface area (Å²) in [4.78, 5) is 0. The molecule has 0 aliphatic heterocycles. The van der Waals surface area contributed by atoms with Crippen LogP contribution >= 0.6 is 0 Å². The van der Waals surface area contributed by atoms with E-state index in [1.54, 1.807) is 29.9 Å². The van der Waals surface area contributed by atoms with Crippen LogP contribution in [0, 0.1) is 17.2 Å². The number of hydrogen-bond acceptors (Lipinski definition) is 4. The number of allylic oxidation sites excluding steroid dienone is 1. The van der Waals surface area contributed by atoms with Crippen LogP contribution in [0.3, 0.4) is 0 Å². The second-order valence-corrected chi connectivity index (χ2v) is 12.1. The van der Waals surface area contributed by atoms with Gasteiger partial charge < -0.3 is 5.11 Å². The first-order valence-corrected chi connectivity index (χ1v) is 13.7. The molecule has 0 amide bonds. The minimum Gasteiger partial charge on any atom is -0.382 e. The molecular formula is C25H31F4N3O3S. The Balaban J connectivity index is 1.53. The fourth-order valence-electron chi connectivity index (χ4n) is 5.51. The molecular weight excluding hydrogens is 498 g/mol. The van der Waals surface area contributed by atoms with Crippen molar-refractivity contribution in [3.8, 4) is 5.69 Å². The molecule has 3 atom stereocenters. The first-order chi connectivity index (χ1) is 16.8. The molecule has 1 aromatic heterocycles. The standard InChI is InChI=1S/C25H31F4N3O3S/c1-3-12-36(34,35)31(16-23(33)25(27,28)29)11-10-18-4-5-19-13-22-17(14-24(18,19)2)15-30-32(22)21-8-6-20(26)7-9-21/h6-9,13,15,18,23,33H,3-5,10-12,14,16H2,1-2H3/t18-,23?,24-/m1/s1. The minimum atomic E-state index is -4.89. The summed E-state index contributed by atoms with van der Waals surface area (Å²) in [6.07, 6.45) is -0.820. The Morgan fingerprint density at radius 1 is 1.28 bits per heavy atom. The van der Waals surface area contributed by atoms with E-state index in [0.717, 1.165) is 34.1 Å². The molecule has 1 fully saturated rings.